The topological polar surface area (TPSA) is 55.1 Å². The third kappa shape index (κ3) is 3.95. The van der Waals surface area contributed by atoms with Gasteiger partial charge in [-0.3, -0.25) is 4.79 Å². The molecule has 3 fully saturated rings. The first-order valence-corrected chi connectivity index (χ1v) is 9.79. The van der Waals surface area contributed by atoms with E-state index >= 15 is 0 Å². The van der Waals surface area contributed by atoms with Crippen molar-refractivity contribution < 1.29 is 4.79 Å². The van der Waals surface area contributed by atoms with Crippen molar-refractivity contribution in [2.75, 3.05) is 0 Å². The van der Waals surface area contributed by atoms with Crippen molar-refractivity contribution in [2.24, 2.45) is 23.5 Å². The van der Waals surface area contributed by atoms with Gasteiger partial charge in [-0.15, -0.1) is 12.4 Å². The van der Waals surface area contributed by atoms with E-state index in [1.165, 1.54) is 19.3 Å². The number of hydrogen-bond acceptors (Lipinski definition) is 2. The molecule has 138 valence electrons. The Bertz CT molecular complexity index is 640. The number of fused-ring (bicyclic) bond motifs is 2. The minimum Gasteiger partial charge on any atom is -0.353 e. The van der Waals surface area contributed by atoms with E-state index < -0.39 is 0 Å². The maximum absolute atomic E-state index is 12.7. The summed E-state index contributed by atoms with van der Waals surface area (Å²) in [6, 6.07) is 6.36. The molecule has 0 aliphatic heterocycles. The lowest BCUT2D eigenvalue weighted by Crippen LogP contribution is -2.54. The summed E-state index contributed by atoms with van der Waals surface area (Å²) in [7, 11) is 0. The quantitative estimate of drug-likeness (QED) is 0.778. The van der Waals surface area contributed by atoms with Crippen LogP contribution in [0.15, 0.2) is 18.2 Å². The normalized spacial score (nSPS) is 36.3. The third-order valence-corrected chi connectivity index (χ3v) is 6.92. The SMILES string of the molecule is Cl.NC1CC2CCCC(C1)C2NC(=O)C1CC1c1ccc(Cl)c(Cl)c1. The molecule has 0 aromatic heterocycles. The molecule has 1 aromatic carbocycles. The van der Waals surface area contributed by atoms with E-state index in [-0.39, 0.29) is 30.2 Å². The summed E-state index contributed by atoms with van der Waals surface area (Å²) in [5.41, 5.74) is 7.30. The molecule has 4 unspecified atom stereocenters. The molecular formula is C19H25Cl3N2O. The zero-order chi connectivity index (χ0) is 16.8. The van der Waals surface area contributed by atoms with Gasteiger partial charge in [-0.1, -0.05) is 35.7 Å². The summed E-state index contributed by atoms with van der Waals surface area (Å²) in [5.74, 6) is 1.71. The molecule has 3 aliphatic rings. The molecule has 3 N–H and O–H groups in total. The molecular weight excluding hydrogens is 379 g/mol. The van der Waals surface area contributed by atoms with Gasteiger partial charge in [0, 0.05) is 18.0 Å². The van der Waals surface area contributed by atoms with E-state index in [9.17, 15) is 4.79 Å². The van der Waals surface area contributed by atoms with Crippen LogP contribution < -0.4 is 11.1 Å². The highest BCUT2D eigenvalue weighted by Crippen LogP contribution is 2.49. The van der Waals surface area contributed by atoms with Gasteiger partial charge >= 0.3 is 0 Å². The molecule has 0 saturated heterocycles. The second-order valence-electron chi connectivity index (χ2n) is 7.84. The molecule has 6 heteroatoms. The predicted octanol–water partition coefficient (Wildman–Crippen LogP) is 4.54. The number of hydrogen-bond donors (Lipinski definition) is 2. The van der Waals surface area contributed by atoms with E-state index in [1.54, 1.807) is 0 Å². The Hall–Kier alpha value is -0.480. The van der Waals surface area contributed by atoms with Gasteiger partial charge in [-0.25, -0.2) is 0 Å². The average molecular weight is 404 g/mol. The van der Waals surface area contributed by atoms with Crippen molar-refractivity contribution in [3.8, 4) is 0 Å². The molecule has 0 radical (unpaired) electrons. The first-order valence-electron chi connectivity index (χ1n) is 9.04. The monoisotopic (exact) mass is 402 g/mol. The first-order chi connectivity index (χ1) is 11.5. The summed E-state index contributed by atoms with van der Waals surface area (Å²) in [5, 5.41) is 4.50. The number of carbonyl (C=O) groups excluding carboxylic acids is 1. The van der Waals surface area contributed by atoms with Crippen LogP contribution in [0.3, 0.4) is 0 Å². The van der Waals surface area contributed by atoms with Gasteiger partial charge in [0.05, 0.1) is 10.0 Å². The second-order valence-corrected chi connectivity index (χ2v) is 8.65. The van der Waals surface area contributed by atoms with Gasteiger partial charge in [0.2, 0.25) is 5.91 Å². The van der Waals surface area contributed by atoms with Crippen LogP contribution in [0.4, 0.5) is 0 Å². The first kappa shape index (κ1) is 19.3. The van der Waals surface area contributed by atoms with Gasteiger partial charge in [-0.05, 0) is 67.6 Å². The Kier molecular flexibility index (Phi) is 5.89. The van der Waals surface area contributed by atoms with Crippen LogP contribution in [0, 0.1) is 17.8 Å². The predicted molar refractivity (Wildman–Crippen MR) is 105 cm³/mol. The smallest absolute Gasteiger partial charge is 0.223 e. The third-order valence-electron chi connectivity index (χ3n) is 6.18. The molecule has 0 spiro atoms. The van der Waals surface area contributed by atoms with E-state index in [2.05, 4.69) is 5.32 Å². The Morgan fingerprint density at radius 2 is 1.76 bits per heavy atom. The summed E-state index contributed by atoms with van der Waals surface area (Å²) in [6.45, 7) is 0. The summed E-state index contributed by atoms with van der Waals surface area (Å²) < 4.78 is 0. The maximum atomic E-state index is 12.7. The Morgan fingerprint density at radius 1 is 1.08 bits per heavy atom. The fraction of sp³-hybridized carbons (Fsp3) is 0.632. The standard InChI is InChI=1S/C19H24Cl2N2O.ClH/c20-16-5-4-10(8-17(16)21)14-9-15(14)19(24)23-18-11-2-1-3-12(18)7-13(22)6-11;/h4-5,8,11-15,18H,1-3,6-7,9,22H2,(H,23,24);1H. The minimum atomic E-state index is 0. The molecule has 1 aromatic rings. The molecule has 1 amide bonds. The van der Waals surface area contributed by atoms with E-state index in [4.69, 9.17) is 28.9 Å². The van der Waals surface area contributed by atoms with Crippen LogP contribution >= 0.6 is 35.6 Å². The van der Waals surface area contributed by atoms with Crippen LogP contribution in [0.1, 0.15) is 50.0 Å². The van der Waals surface area contributed by atoms with E-state index in [0.717, 1.165) is 24.8 Å². The van der Waals surface area contributed by atoms with Crippen molar-refractivity contribution in [3.05, 3.63) is 33.8 Å². The van der Waals surface area contributed by atoms with Crippen molar-refractivity contribution in [2.45, 2.75) is 56.5 Å². The number of amides is 1. The van der Waals surface area contributed by atoms with Crippen LogP contribution in [-0.2, 0) is 4.79 Å². The highest BCUT2D eigenvalue weighted by molar-refractivity contribution is 6.42. The zero-order valence-electron chi connectivity index (χ0n) is 14.1. The van der Waals surface area contributed by atoms with Crippen molar-refractivity contribution in [1.29, 1.82) is 0 Å². The maximum Gasteiger partial charge on any atom is 0.223 e. The Labute approximate surface area is 165 Å². The van der Waals surface area contributed by atoms with Crippen LogP contribution in [0.25, 0.3) is 0 Å². The van der Waals surface area contributed by atoms with E-state index in [0.29, 0.717) is 34.0 Å². The lowest BCUT2D eigenvalue weighted by molar-refractivity contribution is -0.124. The number of halogens is 3. The van der Waals surface area contributed by atoms with Crippen LogP contribution in [0.5, 0.6) is 0 Å². The summed E-state index contributed by atoms with van der Waals surface area (Å²) in [6.07, 6.45) is 6.71. The molecule has 3 aliphatic carbocycles. The largest absolute Gasteiger partial charge is 0.353 e. The number of rotatable bonds is 3. The Morgan fingerprint density at radius 3 is 2.40 bits per heavy atom. The second kappa shape index (κ2) is 7.64. The minimum absolute atomic E-state index is 0. The van der Waals surface area contributed by atoms with Crippen molar-refractivity contribution in [3.63, 3.8) is 0 Å². The average Bonchev–Trinajstić information content (AvgIpc) is 3.31. The lowest BCUT2D eigenvalue weighted by atomic mass is 9.67. The van der Waals surface area contributed by atoms with E-state index in [1.807, 2.05) is 18.2 Å². The lowest BCUT2D eigenvalue weighted by Gasteiger charge is -2.45. The van der Waals surface area contributed by atoms with Gasteiger partial charge in [-0.2, -0.15) is 0 Å². The summed E-state index contributed by atoms with van der Waals surface area (Å²) >= 11 is 12.1. The van der Waals surface area contributed by atoms with Gasteiger partial charge in [0.15, 0.2) is 0 Å². The highest BCUT2D eigenvalue weighted by Gasteiger charge is 2.47. The summed E-state index contributed by atoms with van der Waals surface area (Å²) in [4.78, 5) is 12.7. The van der Waals surface area contributed by atoms with Crippen LogP contribution in [0.2, 0.25) is 10.0 Å². The van der Waals surface area contributed by atoms with Crippen molar-refractivity contribution >= 4 is 41.5 Å². The number of benzene rings is 1. The highest BCUT2D eigenvalue weighted by atomic mass is 35.5. The number of nitrogens with one attached hydrogen (secondary N) is 1. The fourth-order valence-corrected chi connectivity index (χ4v) is 5.20. The molecule has 4 rings (SSSR count). The van der Waals surface area contributed by atoms with Gasteiger partial charge in [0.1, 0.15) is 0 Å². The molecule has 0 heterocycles. The number of nitrogens with two attached hydrogens (primary N) is 1. The number of carbonyl (C=O) groups is 1. The molecule has 2 bridgehead atoms. The molecule has 3 nitrogen and oxygen atoms in total. The molecule has 4 atom stereocenters. The Balaban J connectivity index is 0.00000182. The fourth-order valence-electron chi connectivity index (χ4n) is 4.89. The van der Waals surface area contributed by atoms with Crippen molar-refractivity contribution in [1.82, 2.24) is 5.32 Å². The zero-order valence-corrected chi connectivity index (χ0v) is 16.4. The molecule has 3 saturated carbocycles. The van der Waals surface area contributed by atoms with Gasteiger partial charge in [0.25, 0.3) is 0 Å². The van der Waals surface area contributed by atoms with Crippen LogP contribution in [-0.4, -0.2) is 18.0 Å². The van der Waals surface area contributed by atoms with Gasteiger partial charge < -0.3 is 11.1 Å². The molecule has 25 heavy (non-hydrogen) atoms.